The Kier molecular flexibility index (Phi) is 17.6. The van der Waals surface area contributed by atoms with Crippen LogP contribution in [0.15, 0.2) is 146 Å². The molecule has 0 spiro atoms. The summed E-state index contributed by atoms with van der Waals surface area (Å²) >= 11 is -0.826. The topological polar surface area (TPSA) is 0 Å². The van der Waals surface area contributed by atoms with Gasteiger partial charge in [-0.3, -0.25) is 0 Å². The molecule has 0 unspecified atom stereocenters. The van der Waals surface area contributed by atoms with Crippen LogP contribution in [0.2, 0.25) is 13.1 Å². The van der Waals surface area contributed by atoms with Crippen LogP contribution in [0.25, 0.3) is 66.1 Å². The Hall–Kier alpha value is -3.78. The van der Waals surface area contributed by atoms with Crippen molar-refractivity contribution < 1.29 is 20.8 Å². The van der Waals surface area contributed by atoms with Crippen LogP contribution in [0.3, 0.4) is 0 Å². The van der Waals surface area contributed by atoms with Gasteiger partial charge in [-0.15, -0.1) is 44.8 Å². The molecule has 0 aliphatic heterocycles. The number of hydrogen-bond donors (Lipinski definition) is 0. The third kappa shape index (κ3) is 11.7. The molecule has 294 valence electrons. The van der Waals surface area contributed by atoms with Gasteiger partial charge in [-0.2, -0.15) is 12.1 Å². The normalized spacial score (nSPS) is 10.5. The first kappa shape index (κ1) is 45.3. The molecule has 0 fully saturated rings. The van der Waals surface area contributed by atoms with E-state index in [4.69, 9.17) is 17.0 Å². The van der Waals surface area contributed by atoms with E-state index in [0.29, 0.717) is 0 Å². The zero-order valence-corrected chi connectivity index (χ0v) is 40.4. The molecular formula is C54H56Cl2SiZr. The van der Waals surface area contributed by atoms with Crippen molar-refractivity contribution in [1.29, 1.82) is 0 Å². The fraction of sp³-hybridized carbons (Fsp3) is 0.222. The maximum absolute atomic E-state index is 4.93. The van der Waals surface area contributed by atoms with Crippen molar-refractivity contribution in [3.8, 4) is 44.5 Å². The van der Waals surface area contributed by atoms with Crippen molar-refractivity contribution in [3.63, 3.8) is 0 Å². The number of fused-ring (bicyclic) bond motifs is 2. The Morgan fingerprint density at radius 3 is 0.931 bits per heavy atom. The SMILES string of the molecule is CCCc1cc2c(-c3ccc(C)cc3)ccc(-c3ccc(C)cc3)c2[cH-]1.CCCc1cc2c(-c3ccc(C)cc3)ccc(-c3ccc(C)cc3)c2[cH-]1.C[Si]C.[Cl][Zr+2][Cl]. The molecule has 0 bridgehead atoms. The van der Waals surface area contributed by atoms with Crippen LogP contribution < -0.4 is 0 Å². The molecule has 0 heterocycles. The van der Waals surface area contributed by atoms with Gasteiger partial charge in [0.05, 0.1) is 0 Å². The van der Waals surface area contributed by atoms with Crippen LogP contribution in [-0.2, 0) is 33.7 Å². The van der Waals surface area contributed by atoms with Crippen molar-refractivity contribution in [2.75, 3.05) is 0 Å². The Labute approximate surface area is 369 Å². The number of halogens is 2. The predicted octanol–water partition coefficient (Wildman–Crippen LogP) is 17.1. The van der Waals surface area contributed by atoms with E-state index in [2.05, 4.69) is 200 Å². The van der Waals surface area contributed by atoms with Gasteiger partial charge in [0.15, 0.2) is 0 Å². The second-order valence-electron chi connectivity index (χ2n) is 15.2. The van der Waals surface area contributed by atoms with Gasteiger partial charge in [0.25, 0.3) is 0 Å². The first-order valence-electron chi connectivity index (χ1n) is 20.4. The molecule has 0 aromatic heterocycles. The van der Waals surface area contributed by atoms with Crippen LogP contribution in [0.5, 0.6) is 0 Å². The fourth-order valence-electron chi connectivity index (χ4n) is 7.53. The fourth-order valence-corrected chi connectivity index (χ4v) is 7.53. The molecule has 2 radical (unpaired) electrons. The monoisotopic (exact) mass is 892 g/mol. The Morgan fingerprint density at radius 2 is 0.672 bits per heavy atom. The molecule has 4 heteroatoms. The number of aryl methyl sites for hydroxylation is 6. The standard InChI is InChI=1S/2C26H25.C2H6Si.2ClH.Zr/c2*1-4-5-20-16-25-23(21-10-6-18(2)7-11-21)14-15-24(26(25)17-20)22-12-8-19(3)9-13-22;1-3-2;;;/h2*6-17H,4-5H2,1-3H3;1-2H3;2*1H;/q2*-1;;;;+4/p-2. The van der Waals surface area contributed by atoms with Crippen LogP contribution in [0.4, 0.5) is 0 Å². The summed E-state index contributed by atoms with van der Waals surface area (Å²) in [4.78, 5) is 0. The number of benzene rings is 6. The predicted molar refractivity (Wildman–Crippen MR) is 257 cm³/mol. The van der Waals surface area contributed by atoms with Crippen molar-refractivity contribution in [1.82, 2.24) is 0 Å². The van der Waals surface area contributed by atoms with Crippen LogP contribution in [-0.4, -0.2) is 9.52 Å². The minimum atomic E-state index is -0.826. The maximum atomic E-state index is 4.93. The van der Waals surface area contributed by atoms with Gasteiger partial charge in [0, 0.05) is 9.52 Å². The van der Waals surface area contributed by atoms with Gasteiger partial charge >= 0.3 is 37.9 Å². The first-order chi connectivity index (χ1) is 28.1. The molecule has 8 rings (SSSR count). The van der Waals surface area contributed by atoms with Gasteiger partial charge in [-0.25, -0.2) is 0 Å². The Morgan fingerprint density at radius 1 is 0.431 bits per heavy atom. The van der Waals surface area contributed by atoms with Crippen molar-refractivity contribution in [2.45, 2.75) is 80.3 Å². The third-order valence-corrected chi connectivity index (χ3v) is 10.4. The molecule has 0 nitrogen and oxygen atoms in total. The molecule has 0 amide bonds. The zero-order valence-electron chi connectivity index (χ0n) is 35.4. The van der Waals surface area contributed by atoms with E-state index < -0.39 is 20.8 Å². The molecule has 0 aliphatic rings. The number of rotatable bonds is 8. The van der Waals surface area contributed by atoms with Crippen molar-refractivity contribution >= 4 is 48.1 Å². The minimum absolute atomic E-state index is 0.826. The van der Waals surface area contributed by atoms with Gasteiger partial charge in [-0.1, -0.05) is 217 Å². The third-order valence-electron chi connectivity index (χ3n) is 10.4. The average molecular weight is 895 g/mol. The molecular weight excluding hydrogens is 839 g/mol. The number of hydrogen-bond acceptors (Lipinski definition) is 0. The van der Waals surface area contributed by atoms with E-state index in [-0.39, 0.29) is 0 Å². The molecule has 0 N–H and O–H groups in total. The molecule has 0 saturated heterocycles. The van der Waals surface area contributed by atoms with Crippen LogP contribution >= 0.6 is 17.0 Å². The second kappa shape index (κ2) is 22.6. The van der Waals surface area contributed by atoms with E-state index in [0.717, 1.165) is 22.4 Å². The molecule has 0 saturated carbocycles. The van der Waals surface area contributed by atoms with E-state index in [9.17, 15) is 0 Å². The quantitative estimate of drug-likeness (QED) is 0.105. The van der Waals surface area contributed by atoms with Gasteiger partial charge < -0.3 is 0 Å². The van der Waals surface area contributed by atoms with Crippen molar-refractivity contribution in [3.05, 3.63) is 179 Å². The second-order valence-corrected chi connectivity index (χ2v) is 20.0. The molecule has 8 aromatic carbocycles. The summed E-state index contributed by atoms with van der Waals surface area (Å²) in [5.74, 6) is 0. The molecule has 0 atom stereocenters. The van der Waals surface area contributed by atoms with Gasteiger partial charge in [0.2, 0.25) is 0 Å². The van der Waals surface area contributed by atoms with E-state index in [1.54, 1.807) is 0 Å². The summed E-state index contributed by atoms with van der Waals surface area (Å²) in [7, 11) is 11.0. The van der Waals surface area contributed by atoms with Crippen molar-refractivity contribution in [2.24, 2.45) is 0 Å². The van der Waals surface area contributed by atoms with E-state index >= 15 is 0 Å². The summed E-state index contributed by atoms with van der Waals surface area (Å²) in [6.45, 7) is 17.4. The molecule has 0 aliphatic carbocycles. The zero-order chi connectivity index (χ0) is 41.6. The van der Waals surface area contributed by atoms with E-state index in [1.165, 1.54) is 112 Å². The summed E-state index contributed by atoms with van der Waals surface area (Å²) in [6.07, 6.45) is 4.62. The first-order valence-corrected chi connectivity index (χ1v) is 28.7. The average Bonchev–Trinajstić information content (AvgIpc) is 3.85. The Bertz CT molecular complexity index is 2130. The van der Waals surface area contributed by atoms with Gasteiger partial charge in [0.1, 0.15) is 0 Å². The van der Waals surface area contributed by atoms with Crippen LogP contribution in [0.1, 0.15) is 60.1 Å². The summed E-state index contributed by atoms with van der Waals surface area (Å²) < 4.78 is 0. The summed E-state index contributed by atoms with van der Waals surface area (Å²) in [6, 6.07) is 54.2. The van der Waals surface area contributed by atoms with Crippen LogP contribution in [0, 0.1) is 27.7 Å². The molecule has 8 aromatic rings. The van der Waals surface area contributed by atoms with Gasteiger partial charge in [-0.05, 0) is 51.7 Å². The summed E-state index contributed by atoms with van der Waals surface area (Å²) in [5.41, 5.74) is 18.6. The Balaban J connectivity index is 0.000000195. The molecule has 58 heavy (non-hydrogen) atoms. The van der Waals surface area contributed by atoms with E-state index in [1.807, 2.05) is 0 Å². The summed E-state index contributed by atoms with van der Waals surface area (Å²) in [5, 5.41) is 5.48.